The predicted molar refractivity (Wildman–Crippen MR) is 60.9 cm³/mol. The van der Waals surface area contributed by atoms with Gasteiger partial charge in [-0.3, -0.25) is 4.79 Å². The first-order chi connectivity index (χ1) is 7.61. The van der Waals surface area contributed by atoms with E-state index in [1.54, 1.807) is 0 Å². The molecule has 0 bridgehead atoms. The van der Waals surface area contributed by atoms with Gasteiger partial charge in [0.15, 0.2) is 6.61 Å². The highest BCUT2D eigenvalue weighted by atomic mass is 16.6. The second-order valence-electron chi connectivity index (χ2n) is 4.94. The minimum absolute atomic E-state index is 0.118. The van der Waals surface area contributed by atoms with Crippen LogP contribution in [0.25, 0.3) is 0 Å². The van der Waals surface area contributed by atoms with Crippen molar-refractivity contribution in [3.8, 4) is 0 Å². The summed E-state index contributed by atoms with van der Waals surface area (Å²) in [5.41, 5.74) is -0.0787. The van der Waals surface area contributed by atoms with E-state index in [-0.39, 0.29) is 17.4 Å². The van der Waals surface area contributed by atoms with Gasteiger partial charge in [-0.2, -0.15) is 0 Å². The predicted octanol–water partition coefficient (Wildman–Crippen LogP) is 1.61. The van der Waals surface area contributed by atoms with Crippen LogP contribution in [0.1, 0.15) is 34.1 Å². The second kappa shape index (κ2) is 6.18. The number of carbonyl (C=O) groups excluding carboxylic acids is 3. The summed E-state index contributed by atoms with van der Waals surface area (Å²) in [7, 11) is 0. The van der Waals surface area contributed by atoms with Gasteiger partial charge in [0.2, 0.25) is 0 Å². The molecule has 0 saturated carbocycles. The fourth-order valence-electron chi connectivity index (χ4n) is 0.873. The van der Waals surface area contributed by atoms with Crippen molar-refractivity contribution in [1.29, 1.82) is 0 Å². The zero-order valence-electron chi connectivity index (χ0n) is 10.7. The van der Waals surface area contributed by atoms with E-state index in [4.69, 9.17) is 0 Å². The SMILES string of the molecule is C=C(C)C(=O)OCC(=O)OC(=O)CC(C)(C)C. The lowest BCUT2D eigenvalue weighted by Crippen LogP contribution is -2.22. The van der Waals surface area contributed by atoms with Gasteiger partial charge in [-0.25, -0.2) is 9.59 Å². The number of carbonyl (C=O) groups is 3. The normalized spacial score (nSPS) is 10.6. The van der Waals surface area contributed by atoms with Crippen molar-refractivity contribution < 1.29 is 23.9 Å². The number of esters is 3. The van der Waals surface area contributed by atoms with Crippen LogP contribution in [0, 0.1) is 5.41 Å². The summed E-state index contributed by atoms with van der Waals surface area (Å²) in [5, 5.41) is 0. The van der Waals surface area contributed by atoms with Crippen molar-refractivity contribution >= 4 is 17.9 Å². The van der Waals surface area contributed by atoms with Gasteiger partial charge in [0, 0.05) is 5.57 Å². The van der Waals surface area contributed by atoms with Crippen molar-refractivity contribution in [1.82, 2.24) is 0 Å². The van der Waals surface area contributed by atoms with Crippen LogP contribution in [0.15, 0.2) is 12.2 Å². The Hall–Kier alpha value is -1.65. The molecule has 0 aromatic carbocycles. The van der Waals surface area contributed by atoms with Crippen molar-refractivity contribution in [2.45, 2.75) is 34.1 Å². The monoisotopic (exact) mass is 242 g/mol. The maximum Gasteiger partial charge on any atom is 0.351 e. The summed E-state index contributed by atoms with van der Waals surface area (Å²) in [6.45, 7) is 9.76. The van der Waals surface area contributed by atoms with Gasteiger partial charge in [-0.1, -0.05) is 27.4 Å². The smallest absolute Gasteiger partial charge is 0.351 e. The highest BCUT2D eigenvalue weighted by Gasteiger charge is 2.20. The summed E-state index contributed by atoms with van der Waals surface area (Å²) in [6, 6.07) is 0. The van der Waals surface area contributed by atoms with Gasteiger partial charge in [0.05, 0.1) is 6.42 Å². The molecule has 0 rings (SSSR count). The van der Waals surface area contributed by atoms with E-state index >= 15 is 0 Å². The van der Waals surface area contributed by atoms with Crippen LogP contribution in [0.5, 0.6) is 0 Å². The zero-order chi connectivity index (χ0) is 13.6. The van der Waals surface area contributed by atoms with Crippen molar-refractivity contribution in [2.24, 2.45) is 5.41 Å². The molecule has 0 fully saturated rings. The Balaban J connectivity index is 3.99. The average Bonchev–Trinajstić information content (AvgIpc) is 2.10. The van der Waals surface area contributed by atoms with Crippen LogP contribution in [0.4, 0.5) is 0 Å². The van der Waals surface area contributed by atoms with Crippen molar-refractivity contribution in [3.63, 3.8) is 0 Å². The molecule has 0 aliphatic carbocycles. The molecule has 0 atom stereocenters. The third-order valence-electron chi connectivity index (χ3n) is 1.57. The molecule has 0 saturated heterocycles. The molecule has 0 aromatic heterocycles. The molecule has 0 unspecified atom stereocenters. The third kappa shape index (κ3) is 8.19. The molecule has 0 aliphatic rings. The molecular weight excluding hydrogens is 224 g/mol. The molecule has 5 heteroatoms. The van der Waals surface area contributed by atoms with Crippen LogP contribution in [0.2, 0.25) is 0 Å². The van der Waals surface area contributed by atoms with E-state index in [0.717, 1.165) is 0 Å². The molecule has 96 valence electrons. The molecule has 0 amide bonds. The second-order valence-corrected chi connectivity index (χ2v) is 4.94. The van der Waals surface area contributed by atoms with Gasteiger partial charge < -0.3 is 9.47 Å². The summed E-state index contributed by atoms with van der Waals surface area (Å²) < 4.78 is 9.00. The summed E-state index contributed by atoms with van der Waals surface area (Å²) in [6.07, 6.45) is 0.118. The van der Waals surface area contributed by atoms with Crippen molar-refractivity contribution in [3.05, 3.63) is 12.2 Å². The summed E-state index contributed by atoms with van der Waals surface area (Å²) in [4.78, 5) is 33.3. The maximum absolute atomic E-state index is 11.2. The van der Waals surface area contributed by atoms with Gasteiger partial charge >= 0.3 is 17.9 Å². The van der Waals surface area contributed by atoms with E-state index in [0.29, 0.717) is 0 Å². The van der Waals surface area contributed by atoms with E-state index in [9.17, 15) is 14.4 Å². The highest BCUT2D eigenvalue weighted by molar-refractivity contribution is 5.90. The first-order valence-corrected chi connectivity index (χ1v) is 5.18. The summed E-state index contributed by atoms with van der Waals surface area (Å²) in [5.74, 6) is -2.20. The zero-order valence-corrected chi connectivity index (χ0v) is 10.7. The van der Waals surface area contributed by atoms with Gasteiger partial charge in [0.1, 0.15) is 0 Å². The first kappa shape index (κ1) is 15.3. The molecule has 0 heterocycles. The molecule has 17 heavy (non-hydrogen) atoms. The number of ether oxygens (including phenoxy) is 2. The fraction of sp³-hybridized carbons (Fsp3) is 0.583. The minimum atomic E-state index is -0.881. The number of hydrogen-bond donors (Lipinski definition) is 0. The summed E-state index contributed by atoms with van der Waals surface area (Å²) >= 11 is 0. The van der Waals surface area contributed by atoms with Crippen molar-refractivity contribution in [2.75, 3.05) is 6.61 Å². The molecular formula is C12H18O5. The average molecular weight is 242 g/mol. The first-order valence-electron chi connectivity index (χ1n) is 5.18. The molecule has 0 aliphatic heterocycles. The van der Waals surface area contributed by atoms with Gasteiger partial charge in [-0.05, 0) is 12.3 Å². The van der Waals surface area contributed by atoms with Crippen LogP contribution < -0.4 is 0 Å². The lowest BCUT2D eigenvalue weighted by molar-refractivity contribution is -0.167. The minimum Gasteiger partial charge on any atom is -0.450 e. The molecule has 0 N–H and O–H groups in total. The Morgan fingerprint density at radius 2 is 1.65 bits per heavy atom. The lowest BCUT2D eigenvalue weighted by atomic mass is 9.92. The highest BCUT2D eigenvalue weighted by Crippen LogP contribution is 2.18. The molecule has 0 aromatic rings. The van der Waals surface area contributed by atoms with E-state index in [1.165, 1.54) is 6.92 Å². The van der Waals surface area contributed by atoms with Crippen LogP contribution in [0.3, 0.4) is 0 Å². The number of hydrogen-bond acceptors (Lipinski definition) is 5. The Morgan fingerprint density at radius 3 is 2.06 bits per heavy atom. The number of rotatable bonds is 4. The Kier molecular flexibility index (Phi) is 5.58. The molecule has 0 radical (unpaired) electrons. The largest absolute Gasteiger partial charge is 0.450 e. The van der Waals surface area contributed by atoms with E-state index in [2.05, 4.69) is 16.1 Å². The lowest BCUT2D eigenvalue weighted by Gasteiger charge is -2.15. The van der Waals surface area contributed by atoms with Crippen LogP contribution >= 0.6 is 0 Å². The van der Waals surface area contributed by atoms with E-state index < -0.39 is 24.5 Å². The quantitative estimate of drug-likeness (QED) is 0.425. The molecule has 0 spiro atoms. The maximum atomic E-state index is 11.2. The Labute approximate surface area is 101 Å². The van der Waals surface area contributed by atoms with Crippen LogP contribution in [-0.4, -0.2) is 24.5 Å². The van der Waals surface area contributed by atoms with E-state index in [1.807, 2.05) is 20.8 Å². The standard InChI is InChI=1S/C12H18O5/c1-8(2)11(15)16-7-10(14)17-9(13)6-12(3,4)5/h1,6-7H2,2-5H3. The topological polar surface area (TPSA) is 69.7 Å². The molecule has 5 nitrogen and oxygen atoms in total. The fourth-order valence-corrected chi connectivity index (χ4v) is 0.873. The Morgan fingerprint density at radius 1 is 1.12 bits per heavy atom. The van der Waals surface area contributed by atoms with Crippen LogP contribution in [-0.2, 0) is 23.9 Å². The Bertz CT molecular complexity index is 335. The van der Waals surface area contributed by atoms with Gasteiger partial charge in [0.25, 0.3) is 0 Å². The van der Waals surface area contributed by atoms with Gasteiger partial charge in [-0.15, -0.1) is 0 Å². The third-order valence-corrected chi connectivity index (χ3v) is 1.57.